The van der Waals surface area contributed by atoms with E-state index < -0.39 is 17.1 Å². The first-order valence-corrected chi connectivity index (χ1v) is 15.8. The molecule has 12 heteroatoms. The summed E-state index contributed by atoms with van der Waals surface area (Å²) in [6.45, 7) is 1.69. The second-order valence-electron chi connectivity index (χ2n) is 10.2. The molecule has 0 spiro atoms. The molecule has 43 heavy (non-hydrogen) atoms. The number of rotatable bonds is 7. The summed E-state index contributed by atoms with van der Waals surface area (Å²) >= 11 is 5.57. The number of benzene rings is 3. The van der Waals surface area contributed by atoms with Gasteiger partial charge >= 0.3 is 4.87 Å². The van der Waals surface area contributed by atoms with Crippen molar-refractivity contribution in [2.75, 3.05) is 24.4 Å². The number of amides is 3. The van der Waals surface area contributed by atoms with Crippen molar-refractivity contribution in [2.24, 2.45) is 5.92 Å². The van der Waals surface area contributed by atoms with Crippen LogP contribution in [0.4, 0.5) is 11.4 Å². The number of imide groups is 1. The van der Waals surface area contributed by atoms with E-state index in [4.69, 9.17) is 9.47 Å². The van der Waals surface area contributed by atoms with Crippen LogP contribution in [-0.2, 0) is 20.9 Å². The fraction of sp³-hybridized carbons (Fsp3) is 0.226. The Labute approximate surface area is 263 Å². The van der Waals surface area contributed by atoms with Gasteiger partial charge in [0.2, 0.25) is 17.7 Å². The van der Waals surface area contributed by atoms with Gasteiger partial charge in [0, 0.05) is 21.0 Å². The largest absolute Gasteiger partial charge is 0.493 e. The van der Waals surface area contributed by atoms with Crippen LogP contribution in [0.15, 0.2) is 81.0 Å². The maximum Gasteiger partial charge on any atom is 0.308 e. The fourth-order valence-corrected chi connectivity index (χ4v) is 8.61. The molecular weight excluding hydrogens is 654 g/mol. The highest BCUT2D eigenvalue weighted by Gasteiger charge is 2.57. The molecule has 3 atom stereocenters. The molecule has 3 amide bonds. The van der Waals surface area contributed by atoms with Gasteiger partial charge in [-0.1, -0.05) is 57.2 Å². The molecule has 4 aromatic rings. The number of hydrogen-bond acceptors (Lipinski definition) is 8. The van der Waals surface area contributed by atoms with E-state index >= 15 is 0 Å². The number of carbonyl (C=O) groups excluding carboxylic acids is 3. The fourth-order valence-electron chi connectivity index (χ4n) is 5.57. The van der Waals surface area contributed by atoms with Crippen LogP contribution in [0.5, 0.6) is 11.5 Å². The molecule has 1 fully saturated rings. The van der Waals surface area contributed by atoms with Gasteiger partial charge in [-0.15, -0.1) is 0 Å². The van der Waals surface area contributed by atoms with Crippen LogP contribution in [0, 0.1) is 12.8 Å². The molecular formula is C31H26BrN3O6S2. The Kier molecular flexibility index (Phi) is 7.92. The number of hydrogen-bond donors (Lipinski definition) is 1. The minimum Gasteiger partial charge on any atom is -0.493 e. The molecule has 3 aromatic carbocycles. The number of thioether (sulfide) groups is 1. The third-order valence-electron chi connectivity index (χ3n) is 7.50. The van der Waals surface area contributed by atoms with Crippen LogP contribution in [0.3, 0.4) is 0 Å². The summed E-state index contributed by atoms with van der Waals surface area (Å²) in [5.74, 6) is -1.52. The van der Waals surface area contributed by atoms with Gasteiger partial charge in [-0.3, -0.25) is 23.7 Å². The SMILES string of the molecule is COc1ccc([C@H]2c3sc(=O)n(CC(=O)Nc4cccc(C)c4)c3SC3C(=O)N(c4ccc(Br)cc4)C(=O)C32)cc1OC. The zero-order chi connectivity index (χ0) is 30.4. The van der Waals surface area contributed by atoms with Gasteiger partial charge in [-0.2, -0.15) is 0 Å². The molecule has 1 saturated heterocycles. The van der Waals surface area contributed by atoms with Crippen molar-refractivity contribution in [3.8, 4) is 11.5 Å². The number of nitrogens with zero attached hydrogens (tertiary/aromatic N) is 2. The summed E-state index contributed by atoms with van der Waals surface area (Å²) in [4.78, 5) is 56.0. The molecule has 3 heterocycles. The number of methoxy groups -OCH3 is 2. The molecule has 0 aliphatic carbocycles. The number of halogens is 1. The number of nitrogens with one attached hydrogen (secondary N) is 1. The number of thiazole rings is 1. The summed E-state index contributed by atoms with van der Waals surface area (Å²) in [7, 11) is 3.06. The molecule has 1 aromatic heterocycles. The second kappa shape index (κ2) is 11.7. The van der Waals surface area contributed by atoms with Crippen molar-refractivity contribution in [1.82, 2.24) is 4.57 Å². The average Bonchev–Trinajstić information content (AvgIpc) is 3.43. The highest BCUT2D eigenvalue weighted by Crippen LogP contribution is 2.54. The Morgan fingerprint density at radius 1 is 0.953 bits per heavy atom. The molecule has 9 nitrogen and oxygen atoms in total. The van der Waals surface area contributed by atoms with Gasteiger partial charge in [0.15, 0.2) is 11.5 Å². The van der Waals surface area contributed by atoms with Crippen LogP contribution >= 0.6 is 39.0 Å². The lowest BCUT2D eigenvalue weighted by molar-refractivity contribution is -0.122. The highest BCUT2D eigenvalue weighted by molar-refractivity contribution is 9.10. The Bertz CT molecular complexity index is 1820. The quantitative estimate of drug-likeness (QED) is 0.260. The van der Waals surface area contributed by atoms with E-state index in [9.17, 15) is 19.2 Å². The standard InChI is InChI=1S/C31H26BrN3O6S2/c1-16-5-4-6-19(13-16)33-23(36)15-34-30-27(43-31(34)39)24(17-7-12-21(40-2)22(14-17)41-3)25-26(42-30)29(38)35(28(25)37)20-10-8-18(32)9-11-20/h4-14,24-26H,15H2,1-3H3,(H,33,36)/t24-,25?,26?/m1/s1. The molecule has 0 saturated carbocycles. The average molecular weight is 681 g/mol. The van der Waals surface area contributed by atoms with Crippen molar-refractivity contribution in [3.63, 3.8) is 0 Å². The zero-order valence-electron chi connectivity index (χ0n) is 23.3. The Hall–Kier alpha value is -3.87. The second-order valence-corrected chi connectivity index (χ2v) is 13.2. The lowest BCUT2D eigenvalue weighted by atomic mass is 9.83. The maximum absolute atomic E-state index is 14.1. The molecule has 0 radical (unpaired) electrons. The topological polar surface area (TPSA) is 107 Å². The third-order valence-corrected chi connectivity index (χ3v) is 10.6. The van der Waals surface area contributed by atoms with Crippen LogP contribution in [0.2, 0.25) is 0 Å². The Morgan fingerprint density at radius 3 is 2.40 bits per heavy atom. The summed E-state index contributed by atoms with van der Waals surface area (Å²) in [5, 5.41) is 2.56. The molecule has 2 unspecified atom stereocenters. The molecule has 6 rings (SSSR count). The van der Waals surface area contributed by atoms with Gasteiger partial charge in [0.25, 0.3) is 0 Å². The van der Waals surface area contributed by atoms with Crippen molar-refractivity contribution >= 4 is 68.1 Å². The van der Waals surface area contributed by atoms with Crippen LogP contribution < -0.4 is 24.6 Å². The molecule has 2 aliphatic rings. The molecule has 220 valence electrons. The number of ether oxygens (including phenoxy) is 2. The van der Waals surface area contributed by atoms with Crippen molar-refractivity contribution in [2.45, 2.75) is 29.7 Å². The predicted octanol–water partition coefficient (Wildman–Crippen LogP) is 5.43. The predicted molar refractivity (Wildman–Crippen MR) is 170 cm³/mol. The first-order chi connectivity index (χ1) is 20.7. The number of aryl methyl sites for hydroxylation is 1. The number of carbonyl (C=O) groups is 3. The lowest BCUT2D eigenvalue weighted by Crippen LogP contribution is -2.33. The van der Waals surface area contributed by atoms with Gasteiger partial charge in [-0.25, -0.2) is 4.90 Å². The summed E-state index contributed by atoms with van der Waals surface area (Å²) in [6, 6.07) is 19.7. The van der Waals surface area contributed by atoms with Crippen LogP contribution in [0.1, 0.15) is 21.9 Å². The van der Waals surface area contributed by atoms with E-state index in [1.165, 1.54) is 35.4 Å². The highest BCUT2D eigenvalue weighted by atomic mass is 79.9. The third kappa shape index (κ3) is 5.28. The van der Waals surface area contributed by atoms with Gasteiger partial charge in [0.05, 0.1) is 30.9 Å². The van der Waals surface area contributed by atoms with Crippen LogP contribution in [-0.4, -0.2) is 41.8 Å². The van der Waals surface area contributed by atoms with Crippen molar-refractivity contribution < 1.29 is 23.9 Å². The summed E-state index contributed by atoms with van der Waals surface area (Å²) < 4.78 is 13.2. The van der Waals surface area contributed by atoms with Gasteiger partial charge < -0.3 is 14.8 Å². The van der Waals surface area contributed by atoms with E-state index in [0.717, 1.165) is 21.4 Å². The monoisotopic (exact) mass is 679 g/mol. The summed E-state index contributed by atoms with van der Waals surface area (Å²) in [6.07, 6.45) is 0. The number of aromatic nitrogens is 1. The minimum absolute atomic E-state index is 0.236. The maximum atomic E-state index is 14.1. The van der Waals surface area contributed by atoms with Gasteiger partial charge in [0.1, 0.15) is 11.8 Å². The molecule has 2 aliphatic heterocycles. The zero-order valence-corrected chi connectivity index (χ0v) is 26.5. The normalized spacial score (nSPS) is 19.2. The number of anilines is 2. The first kappa shape index (κ1) is 29.2. The van der Waals surface area contributed by atoms with E-state index in [1.807, 2.05) is 31.2 Å². The van der Waals surface area contributed by atoms with E-state index in [0.29, 0.717) is 38.3 Å². The van der Waals surface area contributed by atoms with Crippen molar-refractivity contribution in [3.05, 3.63) is 96.9 Å². The minimum atomic E-state index is -0.804. The van der Waals surface area contributed by atoms with E-state index in [2.05, 4.69) is 21.2 Å². The van der Waals surface area contributed by atoms with Crippen LogP contribution in [0.25, 0.3) is 0 Å². The Balaban J connectivity index is 1.44. The first-order valence-electron chi connectivity index (χ1n) is 13.3. The lowest BCUT2D eigenvalue weighted by Gasteiger charge is -2.31. The van der Waals surface area contributed by atoms with E-state index in [-0.39, 0.29) is 29.1 Å². The van der Waals surface area contributed by atoms with E-state index in [1.54, 1.807) is 42.5 Å². The Morgan fingerprint density at radius 2 is 1.70 bits per heavy atom. The molecule has 1 N–H and O–H groups in total. The number of fused-ring (bicyclic) bond motifs is 2. The summed E-state index contributed by atoms with van der Waals surface area (Å²) in [5.41, 5.74) is 2.78. The van der Waals surface area contributed by atoms with Gasteiger partial charge in [-0.05, 0) is 66.6 Å². The molecule has 0 bridgehead atoms. The van der Waals surface area contributed by atoms with Crippen molar-refractivity contribution in [1.29, 1.82) is 0 Å². The smallest absolute Gasteiger partial charge is 0.308 e.